The van der Waals surface area contributed by atoms with Crippen molar-refractivity contribution in [1.29, 1.82) is 0 Å². The summed E-state index contributed by atoms with van der Waals surface area (Å²) < 4.78 is 5.25. The van der Waals surface area contributed by atoms with Gasteiger partial charge in [0, 0.05) is 31.3 Å². The van der Waals surface area contributed by atoms with Gasteiger partial charge >= 0.3 is 6.09 Å². The average molecular weight is 419 g/mol. The first kappa shape index (κ1) is 20.7. The zero-order valence-electron chi connectivity index (χ0n) is 18.1. The van der Waals surface area contributed by atoms with E-state index in [2.05, 4.69) is 5.32 Å². The SMILES string of the molecule is CN1C(=O)/C(=C2/C(=O)N(CCNC(=O)OC(C)(C)C)c3ccccc32)c2ccccc21. The van der Waals surface area contributed by atoms with E-state index in [1.807, 2.05) is 48.5 Å². The van der Waals surface area contributed by atoms with Crippen LogP contribution >= 0.6 is 0 Å². The van der Waals surface area contributed by atoms with Crippen molar-refractivity contribution in [2.75, 3.05) is 29.9 Å². The first-order chi connectivity index (χ1) is 14.7. The standard InChI is InChI=1S/C24H25N3O4/c1-24(2,3)31-23(30)25-13-14-27-18-12-8-6-10-16(18)20(22(27)29)19-15-9-5-7-11-17(15)26(4)21(19)28/h5-12H,13-14H2,1-4H3,(H,25,30)/b20-19+. The summed E-state index contributed by atoms with van der Waals surface area (Å²) in [5.41, 5.74) is 3.19. The molecule has 0 atom stereocenters. The number of para-hydroxylation sites is 2. The van der Waals surface area contributed by atoms with E-state index >= 15 is 0 Å². The van der Waals surface area contributed by atoms with Crippen molar-refractivity contribution in [1.82, 2.24) is 5.32 Å². The van der Waals surface area contributed by atoms with Crippen LogP contribution in [0, 0.1) is 0 Å². The predicted octanol–water partition coefficient (Wildman–Crippen LogP) is 3.45. The van der Waals surface area contributed by atoms with Gasteiger partial charge in [0.25, 0.3) is 11.8 Å². The number of hydrogen-bond acceptors (Lipinski definition) is 4. The van der Waals surface area contributed by atoms with Gasteiger partial charge in [0.1, 0.15) is 5.60 Å². The molecule has 0 aliphatic carbocycles. The van der Waals surface area contributed by atoms with Gasteiger partial charge in [0.2, 0.25) is 0 Å². The van der Waals surface area contributed by atoms with Crippen LogP contribution in [0.5, 0.6) is 0 Å². The van der Waals surface area contributed by atoms with Gasteiger partial charge in [-0.2, -0.15) is 0 Å². The number of rotatable bonds is 3. The summed E-state index contributed by atoms with van der Waals surface area (Å²) in [6.45, 7) is 5.86. The molecular weight excluding hydrogens is 394 g/mol. The maximum absolute atomic E-state index is 13.5. The van der Waals surface area contributed by atoms with Gasteiger partial charge in [-0.05, 0) is 32.9 Å². The van der Waals surface area contributed by atoms with Crippen LogP contribution in [-0.4, -0.2) is 43.6 Å². The minimum atomic E-state index is -0.597. The Morgan fingerprint density at radius 2 is 1.45 bits per heavy atom. The fourth-order valence-corrected chi connectivity index (χ4v) is 3.94. The van der Waals surface area contributed by atoms with E-state index in [9.17, 15) is 14.4 Å². The molecule has 2 aromatic rings. The Bertz CT molecular complexity index is 1110. The molecule has 0 unspecified atom stereocenters. The number of likely N-dealkylation sites (N-methyl/N-ethyl adjacent to an activating group) is 1. The number of benzene rings is 2. The van der Waals surface area contributed by atoms with Gasteiger partial charge in [-0.3, -0.25) is 9.59 Å². The van der Waals surface area contributed by atoms with Crippen molar-refractivity contribution in [2.24, 2.45) is 0 Å². The number of carbonyl (C=O) groups is 3. The molecule has 0 saturated carbocycles. The van der Waals surface area contributed by atoms with Crippen molar-refractivity contribution in [2.45, 2.75) is 26.4 Å². The monoisotopic (exact) mass is 419 g/mol. The Hall–Kier alpha value is -3.61. The zero-order chi connectivity index (χ0) is 22.3. The zero-order valence-corrected chi connectivity index (χ0v) is 18.1. The van der Waals surface area contributed by atoms with E-state index in [0.717, 1.165) is 22.5 Å². The second-order valence-electron chi connectivity index (χ2n) is 8.53. The Kier molecular flexibility index (Phi) is 5.05. The Morgan fingerprint density at radius 1 is 0.903 bits per heavy atom. The number of amides is 3. The number of nitrogens with zero attached hydrogens (tertiary/aromatic N) is 2. The van der Waals surface area contributed by atoms with E-state index < -0.39 is 11.7 Å². The van der Waals surface area contributed by atoms with Gasteiger partial charge < -0.3 is 19.9 Å². The highest BCUT2D eigenvalue weighted by Gasteiger charge is 2.40. The lowest BCUT2D eigenvalue weighted by molar-refractivity contribution is -0.114. The summed E-state index contributed by atoms with van der Waals surface area (Å²) >= 11 is 0. The summed E-state index contributed by atoms with van der Waals surface area (Å²) in [6, 6.07) is 14.9. The highest BCUT2D eigenvalue weighted by Crippen LogP contribution is 2.45. The Morgan fingerprint density at radius 3 is 2.10 bits per heavy atom. The molecule has 2 heterocycles. The molecule has 4 rings (SSSR count). The third kappa shape index (κ3) is 3.67. The number of hydrogen-bond donors (Lipinski definition) is 1. The van der Waals surface area contributed by atoms with E-state index in [-0.39, 0.29) is 24.9 Å². The number of ether oxygens (including phenoxy) is 1. The van der Waals surface area contributed by atoms with Crippen molar-refractivity contribution in [3.63, 3.8) is 0 Å². The molecule has 2 aromatic carbocycles. The normalized spacial score (nSPS) is 17.7. The minimum absolute atomic E-state index is 0.201. The number of carbonyl (C=O) groups excluding carboxylic acids is 3. The van der Waals surface area contributed by atoms with Crippen LogP contribution in [0.2, 0.25) is 0 Å². The number of fused-ring (bicyclic) bond motifs is 2. The molecule has 160 valence electrons. The highest BCUT2D eigenvalue weighted by atomic mass is 16.6. The lowest BCUT2D eigenvalue weighted by Crippen LogP contribution is -2.39. The summed E-state index contributed by atoms with van der Waals surface area (Å²) in [4.78, 5) is 41.7. The average Bonchev–Trinajstić information content (AvgIpc) is 3.12. The summed E-state index contributed by atoms with van der Waals surface area (Å²) in [5.74, 6) is -0.450. The molecule has 0 saturated heterocycles. The fraction of sp³-hybridized carbons (Fsp3) is 0.292. The minimum Gasteiger partial charge on any atom is -0.444 e. The predicted molar refractivity (Wildman–Crippen MR) is 120 cm³/mol. The molecule has 0 aromatic heterocycles. The number of anilines is 2. The number of nitrogens with one attached hydrogen (secondary N) is 1. The van der Waals surface area contributed by atoms with Gasteiger partial charge in [0.15, 0.2) is 0 Å². The first-order valence-electron chi connectivity index (χ1n) is 10.2. The van der Waals surface area contributed by atoms with Crippen LogP contribution in [0.4, 0.5) is 16.2 Å². The van der Waals surface area contributed by atoms with Gasteiger partial charge in [-0.15, -0.1) is 0 Å². The fourth-order valence-electron chi connectivity index (χ4n) is 3.94. The Labute approximate surface area is 181 Å². The van der Waals surface area contributed by atoms with Crippen LogP contribution in [0.3, 0.4) is 0 Å². The number of alkyl carbamates (subject to hydrolysis) is 1. The van der Waals surface area contributed by atoms with Crippen molar-refractivity contribution in [3.8, 4) is 0 Å². The molecule has 1 N–H and O–H groups in total. The van der Waals surface area contributed by atoms with E-state index in [0.29, 0.717) is 11.1 Å². The Balaban J connectivity index is 1.66. The third-order valence-corrected chi connectivity index (χ3v) is 5.23. The van der Waals surface area contributed by atoms with Crippen molar-refractivity contribution >= 4 is 40.4 Å². The molecule has 3 amide bonds. The maximum Gasteiger partial charge on any atom is 0.407 e. The lowest BCUT2D eigenvalue weighted by Gasteiger charge is -2.21. The summed E-state index contributed by atoms with van der Waals surface area (Å²) in [7, 11) is 1.71. The van der Waals surface area contributed by atoms with Crippen LogP contribution in [-0.2, 0) is 14.3 Å². The van der Waals surface area contributed by atoms with E-state index in [4.69, 9.17) is 4.74 Å². The highest BCUT2D eigenvalue weighted by molar-refractivity contribution is 6.49. The molecule has 0 spiro atoms. The summed E-state index contributed by atoms with van der Waals surface area (Å²) in [5, 5.41) is 2.69. The van der Waals surface area contributed by atoms with Gasteiger partial charge in [-0.1, -0.05) is 36.4 Å². The molecule has 7 heteroatoms. The van der Waals surface area contributed by atoms with Crippen LogP contribution in [0.15, 0.2) is 48.5 Å². The molecule has 7 nitrogen and oxygen atoms in total. The van der Waals surface area contributed by atoms with E-state index in [1.165, 1.54) is 0 Å². The molecule has 2 aliphatic rings. The second kappa shape index (κ2) is 7.58. The third-order valence-electron chi connectivity index (χ3n) is 5.23. The quantitative estimate of drug-likeness (QED) is 0.773. The molecule has 0 radical (unpaired) electrons. The van der Waals surface area contributed by atoms with Crippen molar-refractivity contribution < 1.29 is 19.1 Å². The maximum atomic E-state index is 13.5. The van der Waals surface area contributed by atoms with Gasteiger partial charge in [0.05, 0.1) is 22.5 Å². The van der Waals surface area contributed by atoms with Crippen LogP contribution < -0.4 is 15.1 Å². The second-order valence-corrected chi connectivity index (χ2v) is 8.53. The molecule has 31 heavy (non-hydrogen) atoms. The topological polar surface area (TPSA) is 79.0 Å². The van der Waals surface area contributed by atoms with Crippen molar-refractivity contribution in [3.05, 3.63) is 59.7 Å². The molecule has 0 bridgehead atoms. The van der Waals surface area contributed by atoms with Crippen LogP contribution in [0.1, 0.15) is 31.9 Å². The first-order valence-corrected chi connectivity index (χ1v) is 10.2. The van der Waals surface area contributed by atoms with E-state index in [1.54, 1.807) is 37.6 Å². The lowest BCUT2D eigenvalue weighted by atomic mass is 9.96. The smallest absolute Gasteiger partial charge is 0.407 e. The molecule has 2 aliphatic heterocycles. The molecule has 0 fully saturated rings. The summed E-state index contributed by atoms with van der Waals surface area (Å²) in [6.07, 6.45) is -0.535. The molecular formula is C24H25N3O4. The largest absolute Gasteiger partial charge is 0.444 e. The van der Waals surface area contributed by atoms with Crippen LogP contribution in [0.25, 0.3) is 11.1 Å². The van der Waals surface area contributed by atoms with Gasteiger partial charge in [-0.25, -0.2) is 4.79 Å².